The minimum Gasteiger partial charge on any atom is -0.492 e. The van der Waals surface area contributed by atoms with Crippen molar-refractivity contribution in [1.29, 1.82) is 5.26 Å². The van der Waals surface area contributed by atoms with Gasteiger partial charge in [-0.2, -0.15) is 5.26 Å². The van der Waals surface area contributed by atoms with Crippen LogP contribution in [-0.2, 0) is 24.4 Å². The molecule has 0 unspecified atom stereocenters. The topological polar surface area (TPSA) is 109 Å². The van der Waals surface area contributed by atoms with Crippen LogP contribution >= 0.6 is 23.2 Å². The molecule has 1 aromatic heterocycles. The average molecular weight is 755 g/mol. The SMILES string of the molecule is N#Cc1cncc(COc2cc(O[C@H]3CCc4c(-c5cccc(OCCCN6CCCCC6)c5Cl)cccc43)c(Cl)cc2CNC[C@H]2CCC(=O)N2)c1. The van der Waals surface area contributed by atoms with Crippen molar-refractivity contribution in [2.45, 2.75) is 76.7 Å². The van der Waals surface area contributed by atoms with Crippen LogP contribution in [0.25, 0.3) is 11.1 Å². The number of rotatable bonds is 15. The van der Waals surface area contributed by atoms with Gasteiger partial charge >= 0.3 is 0 Å². The van der Waals surface area contributed by atoms with E-state index in [2.05, 4.69) is 50.9 Å². The maximum Gasteiger partial charge on any atom is 0.220 e. The van der Waals surface area contributed by atoms with Crippen molar-refractivity contribution in [3.8, 4) is 34.4 Å². The number of hydrogen-bond donors (Lipinski definition) is 2. The number of halogens is 2. The summed E-state index contributed by atoms with van der Waals surface area (Å²) in [6.07, 6.45) is 10.9. The number of nitrogens with zero attached hydrogens (tertiary/aromatic N) is 3. The summed E-state index contributed by atoms with van der Waals surface area (Å²) in [6, 6.07) is 20.0. The highest BCUT2D eigenvalue weighted by Gasteiger charge is 2.29. The van der Waals surface area contributed by atoms with Crippen molar-refractivity contribution in [1.82, 2.24) is 20.5 Å². The summed E-state index contributed by atoms with van der Waals surface area (Å²) in [4.78, 5) is 18.4. The maximum atomic E-state index is 11.7. The number of piperidine rings is 1. The van der Waals surface area contributed by atoms with E-state index in [1.54, 1.807) is 12.3 Å². The first-order chi connectivity index (χ1) is 25.9. The number of carbonyl (C=O) groups is 1. The molecule has 2 saturated heterocycles. The standard InChI is InChI=1S/C42H45Cl2N5O4/c43-36-20-30(25-47-26-31-11-14-41(50)48-31)39(52-27-29-19-28(22-45)23-46-24-29)21-40(36)53-37-13-12-33-32(7-4-8-34(33)37)35-9-5-10-38(42(35)44)51-18-6-17-49-15-2-1-3-16-49/h4-5,7-10,19-21,23-24,31,37,47H,1-3,6,11-18,25-27H2,(H,48,50)/t31-,37+/m1/s1. The molecule has 0 bridgehead atoms. The largest absolute Gasteiger partial charge is 0.492 e. The van der Waals surface area contributed by atoms with Crippen LogP contribution in [0.4, 0.5) is 0 Å². The summed E-state index contributed by atoms with van der Waals surface area (Å²) in [6.45, 7) is 5.38. The monoisotopic (exact) mass is 753 g/mol. The maximum absolute atomic E-state index is 11.7. The lowest BCUT2D eigenvalue weighted by Gasteiger charge is -2.26. The zero-order valence-corrected chi connectivity index (χ0v) is 31.4. The first kappa shape index (κ1) is 37.0. The van der Waals surface area contributed by atoms with E-state index in [1.807, 2.05) is 24.3 Å². The third kappa shape index (κ3) is 9.25. The molecule has 2 fully saturated rings. The summed E-state index contributed by atoms with van der Waals surface area (Å²) in [5.74, 6) is 1.93. The van der Waals surface area contributed by atoms with Gasteiger partial charge in [-0.3, -0.25) is 9.78 Å². The van der Waals surface area contributed by atoms with Gasteiger partial charge in [0.05, 0.1) is 22.2 Å². The lowest BCUT2D eigenvalue weighted by Crippen LogP contribution is -2.35. The number of amides is 1. The molecule has 7 rings (SSSR count). The van der Waals surface area contributed by atoms with Crippen molar-refractivity contribution in [3.63, 3.8) is 0 Å². The van der Waals surface area contributed by atoms with Crippen LogP contribution in [-0.4, -0.2) is 54.6 Å². The van der Waals surface area contributed by atoms with E-state index in [-0.39, 0.29) is 24.7 Å². The van der Waals surface area contributed by atoms with Crippen LogP contribution in [0.1, 0.15) is 78.9 Å². The van der Waals surface area contributed by atoms with E-state index in [0.29, 0.717) is 59.0 Å². The fraction of sp³-hybridized carbons (Fsp3) is 0.405. The molecule has 2 N–H and O–H groups in total. The van der Waals surface area contributed by atoms with E-state index < -0.39 is 0 Å². The Bertz CT molecular complexity index is 1960. The van der Waals surface area contributed by atoms with Crippen molar-refractivity contribution in [2.75, 3.05) is 32.8 Å². The van der Waals surface area contributed by atoms with Crippen molar-refractivity contribution in [2.24, 2.45) is 0 Å². The van der Waals surface area contributed by atoms with Gasteiger partial charge in [0, 0.05) is 67.2 Å². The quantitative estimate of drug-likeness (QED) is 0.117. The second-order valence-corrected chi connectivity index (χ2v) is 14.8. The number of likely N-dealkylation sites (tertiary alicyclic amines) is 1. The van der Waals surface area contributed by atoms with Crippen molar-refractivity contribution < 1.29 is 19.0 Å². The number of carbonyl (C=O) groups excluding carboxylic acids is 1. The summed E-state index contributed by atoms with van der Waals surface area (Å²) in [7, 11) is 0. The fourth-order valence-electron chi connectivity index (χ4n) is 7.57. The van der Waals surface area contributed by atoms with Gasteiger partial charge in [-0.05, 0) is 86.5 Å². The zero-order chi connectivity index (χ0) is 36.6. The van der Waals surface area contributed by atoms with E-state index >= 15 is 0 Å². The molecule has 53 heavy (non-hydrogen) atoms. The van der Waals surface area contributed by atoms with E-state index in [0.717, 1.165) is 60.0 Å². The van der Waals surface area contributed by atoms with Crippen molar-refractivity contribution in [3.05, 3.63) is 105 Å². The highest BCUT2D eigenvalue weighted by atomic mass is 35.5. The third-order valence-electron chi connectivity index (χ3n) is 10.3. The Balaban J connectivity index is 1.06. The van der Waals surface area contributed by atoms with Gasteiger partial charge in [-0.15, -0.1) is 0 Å². The Morgan fingerprint density at radius 2 is 1.79 bits per heavy atom. The minimum atomic E-state index is -0.213. The number of hydrogen-bond acceptors (Lipinski definition) is 8. The van der Waals surface area contributed by atoms with Crippen LogP contribution in [0.5, 0.6) is 17.2 Å². The summed E-state index contributed by atoms with van der Waals surface area (Å²) in [5, 5.41) is 16.9. The molecular weight excluding hydrogens is 709 g/mol. The summed E-state index contributed by atoms with van der Waals surface area (Å²) in [5.41, 5.74) is 6.45. The number of nitriles is 1. The Hall–Kier alpha value is -4.33. The summed E-state index contributed by atoms with van der Waals surface area (Å²) >= 11 is 13.9. The van der Waals surface area contributed by atoms with E-state index in [1.165, 1.54) is 44.1 Å². The molecular formula is C42H45Cl2N5O4. The van der Waals surface area contributed by atoms with Crippen LogP contribution in [0.2, 0.25) is 10.0 Å². The molecule has 0 saturated carbocycles. The Morgan fingerprint density at radius 3 is 2.62 bits per heavy atom. The Kier molecular flexibility index (Phi) is 12.3. The Morgan fingerprint density at radius 1 is 0.943 bits per heavy atom. The molecule has 1 amide bonds. The predicted molar refractivity (Wildman–Crippen MR) is 207 cm³/mol. The fourth-order valence-corrected chi connectivity index (χ4v) is 8.08. The number of aromatic nitrogens is 1. The smallest absolute Gasteiger partial charge is 0.220 e. The number of pyridine rings is 1. The first-order valence-corrected chi connectivity index (χ1v) is 19.4. The molecule has 2 aliphatic heterocycles. The van der Waals surface area contributed by atoms with Gasteiger partial charge in [-0.25, -0.2) is 0 Å². The molecule has 2 atom stereocenters. The van der Waals surface area contributed by atoms with Gasteiger partial charge in [0.15, 0.2) is 0 Å². The van der Waals surface area contributed by atoms with Crippen molar-refractivity contribution >= 4 is 29.1 Å². The molecule has 3 aromatic carbocycles. The number of fused-ring (bicyclic) bond motifs is 1. The van der Waals surface area contributed by atoms with Crippen LogP contribution in [0.15, 0.2) is 67.0 Å². The second kappa shape index (κ2) is 17.7. The lowest BCUT2D eigenvalue weighted by atomic mass is 9.96. The zero-order valence-electron chi connectivity index (χ0n) is 29.8. The van der Waals surface area contributed by atoms with Gasteiger partial charge in [0.1, 0.15) is 36.0 Å². The lowest BCUT2D eigenvalue weighted by molar-refractivity contribution is -0.119. The van der Waals surface area contributed by atoms with Gasteiger partial charge in [0.25, 0.3) is 0 Å². The molecule has 276 valence electrons. The molecule has 1 aliphatic carbocycles. The van der Waals surface area contributed by atoms with E-state index in [4.69, 9.17) is 37.4 Å². The molecule has 4 aromatic rings. The predicted octanol–water partition coefficient (Wildman–Crippen LogP) is 8.20. The molecule has 9 nitrogen and oxygen atoms in total. The molecule has 11 heteroatoms. The normalized spacial score (nSPS) is 18.3. The van der Waals surface area contributed by atoms with Gasteiger partial charge < -0.3 is 29.7 Å². The highest BCUT2D eigenvalue weighted by Crippen LogP contribution is 2.45. The van der Waals surface area contributed by atoms with Crippen LogP contribution < -0.4 is 24.8 Å². The van der Waals surface area contributed by atoms with Crippen LogP contribution in [0, 0.1) is 11.3 Å². The molecule has 0 radical (unpaired) electrons. The number of nitrogens with one attached hydrogen (secondary N) is 2. The number of benzene rings is 3. The Labute approximate surface area is 321 Å². The highest BCUT2D eigenvalue weighted by molar-refractivity contribution is 6.35. The minimum absolute atomic E-state index is 0.0821. The molecule has 0 spiro atoms. The molecule has 3 heterocycles. The van der Waals surface area contributed by atoms with E-state index in [9.17, 15) is 10.1 Å². The molecule has 3 aliphatic rings. The second-order valence-electron chi connectivity index (χ2n) is 14.0. The third-order valence-corrected chi connectivity index (χ3v) is 11.0. The van der Waals surface area contributed by atoms with Gasteiger partial charge in [0.2, 0.25) is 5.91 Å². The number of ether oxygens (including phenoxy) is 3. The first-order valence-electron chi connectivity index (χ1n) is 18.7. The van der Waals surface area contributed by atoms with Crippen LogP contribution in [0.3, 0.4) is 0 Å². The average Bonchev–Trinajstić information content (AvgIpc) is 3.80. The summed E-state index contributed by atoms with van der Waals surface area (Å²) < 4.78 is 19.2. The van der Waals surface area contributed by atoms with Gasteiger partial charge in [-0.1, -0.05) is 60.0 Å².